The molecule has 0 bridgehead atoms. The van der Waals surface area contributed by atoms with E-state index in [4.69, 9.17) is 17.7 Å². The lowest BCUT2D eigenvalue weighted by atomic mass is 9.97. The van der Waals surface area contributed by atoms with Crippen LogP contribution in [-0.4, -0.2) is 41.1 Å². The minimum atomic E-state index is -4.44. The molecule has 6 nitrogen and oxygen atoms in total. The van der Waals surface area contributed by atoms with Gasteiger partial charge in [0.15, 0.2) is 0 Å². The monoisotopic (exact) mass is 402 g/mol. The highest BCUT2D eigenvalue weighted by atomic mass is 19.4. The predicted molar refractivity (Wildman–Crippen MR) is 104 cm³/mol. The third-order valence-corrected chi connectivity index (χ3v) is 4.41. The first kappa shape index (κ1) is 20.8. The molecule has 0 aliphatic heterocycles. The van der Waals surface area contributed by atoms with Crippen LogP contribution in [0.2, 0.25) is 0 Å². The Kier molecular flexibility index (Phi) is 5.92. The maximum atomic E-state index is 13.2. The van der Waals surface area contributed by atoms with Gasteiger partial charge in [0, 0.05) is 5.39 Å². The summed E-state index contributed by atoms with van der Waals surface area (Å²) < 4.78 is 45.0. The first-order valence-corrected chi connectivity index (χ1v) is 8.81. The molecule has 150 valence electrons. The molecule has 1 aromatic carbocycles. The average Bonchev–Trinajstić information content (AvgIpc) is 2.66. The Hall–Kier alpha value is -2.88. The number of pyridine rings is 1. The SMILES string of the molecule is [B]c1cc2c(N[C@H](C)c3cccc(C(F)(F)F)c3C)nc(OCCO)nc2cn1. The van der Waals surface area contributed by atoms with Crippen molar-refractivity contribution in [3.8, 4) is 6.01 Å². The van der Waals surface area contributed by atoms with E-state index in [0.29, 0.717) is 22.3 Å². The molecular weight excluding hydrogens is 384 g/mol. The molecule has 2 heterocycles. The topological polar surface area (TPSA) is 80.2 Å². The maximum absolute atomic E-state index is 13.2. The van der Waals surface area contributed by atoms with Crippen molar-refractivity contribution in [1.82, 2.24) is 15.0 Å². The zero-order valence-electron chi connectivity index (χ0n) is 15.8. The summed E-state index contributed by atoms with van der Waals surface area (Å²) in [5.41, 5.74) is 0.619. The van der Waals surface area contributed by atoms with Gasteiger partial charge < -0.3 is 15.2 Å². The van der Waals surface area contributed by atoms with E-state index >= 15 is 0 Å². The number of rotatable bonds is 6. The molecule has 2 N–H and O–H groups in total. The van der Waals surface area contributed by atoms with Crippen LogP contribution in [0.15, 0.2) is 30.5 Å². The van der Waals surface area contributed by atoms with E-state index in [-0.39, 0.29) is 30.4 Å². The summed E-state index contributed by atoms with van der Waals surface area (Å²) in [4.78, 5) is 12.5. The zero-order valence-corrected chi connectivity index (χ0v) is 15.8. The number of ether oxygens (including phenoxy) is 1. The summed E-state index contributed by atoms with van der Waals surface area (Å²) in [6.07, 6.45) is -2.99. The molecule has 2 radical (unpaired) electrons. The Balaban J connectivity index is 2.02. The summed E-state index contributed by atoms with van der Waals surface area (Å²) in [6, 6.07) is 5.13. The fourth-order valence-electron chi connectivity index (χ4n) is 3.05. The Labute approximate surface area is 166 Å². The van der Waals surface area contributed by atoms with Crippen molar-refractivity contribution in [2.24, 2.45) is 0 Å². The number of halogens is 3. The maximum Gasteiger partial charge on any atom is 0.416 e. The van der Waals surface area contributed by atoms with Crippen LogP contribution in [0, 0.1) is 6.92 Å². The lowest BCUT2D eigenvalue weighted by molar-refractivity contribution is -0.138. The Bertz CT molecular complexity index is 1030. The molecular formula is C19H18BF3N4O2. The molecule has 0 aliphatic carbocycles. The van der Waals surface area contributed by atoms with E-state index in [9.17, 15) is 13.2 Å². The quantitative estimate of drug-likeness (QED) is 0.618. The van der Waals surface area contributed by atoms with Crippen LogP contribution in [0.25, 0.3) is 10.9 Å². The smallest absolute Gasteiger partial charge is 0.416 e. The molecule has 2 aromatic heterocycles. The van der Waals surface area contributed by atoms with Gasteiger partial charge in [0.25, 0.3) is 0 Å². The van der Waals surface area contributed by atoms with Crippen LogP contribution in [0.5, 0.6) is 6.01 Å². The van der Waals surface area contributed by atoms with Crippen molar-refractivity contribution in [2.75, 3.05) is 18.5 Å². The Morgan fingerprint density at radius 2 is 2.03 bits per heavy atom. The number of hydrogen-bond acceptors (Lipinski definition) is 6. The zero-order chi connectivity index (χ0) is 21.2. The van der Waals surface area contributed by atoms with Crippen molar-refractivity contribution >= 4 is 30.2 Å². The Morgan fingerprint density at radius 3 is 2.72 bits per heavy atom. The molecule has 0 unspecified atom stereocenters. The standard InChI is InChI=1S/C19H18BF3N4O2/c1-10-12(4-3-5-14(10)19(21,22)23)11(2)25-17-13-8-16(20)24-9-15(13)26-18(27-17)29-7-6-28/h3-5,8-9,11,28H,6-7H2,1-2H3,(H,25,26,27)/t11-/m1/s1. The third-order valence-electron chi connectivity index (χ3n) is 4.41. The van der Waals surface area contributed by atoms with Crippen molar-refractivity contribution in [3.63, 3.8) is 0 Å². The fourth-order valence-corrected chi connectivity index (χ4v) is 3.05. The van der Waals surface area contributed by atoms with Gasteiger partial charge in [-0.2, -0.15) is 23.1 Å². The van der Waals surface area contributed by atoms with Gasteiger partial charge in [-0.05, 0) is 42.7 Å². The molecule has 0 aliphatic rings. The summed E-state index contributed by atoms with van der Waals surface area (Å²) in [7, 11) is 5.76. The molecule has 3 rings (SSSR count). The minimum Gasteiger partial charge on any atom is -0.461 e. The minimum absolute atomic E-state index is 0.00433. The van der Waals surface area contributed by atoms with Gasteiger partial charge in [-0.3, -0.25) is 4.98 Å². The van der Waals surface area contributed by atoms with Crippen LogP contribution < -0.4 is 15.6 Å². The van der Waals surface area contributed by atoms with E-state index in [0.717, 1.165) is 6.07 Å². The van der Waals surface area contributed by atoms with E-state index in [1.165, 1.54) is 19.2 Å². The molecule has 0 saturated carbocycles. The summed E-state index contributed by atoms with van der Waals surface area (Å²) >= 11 is 0. The van der Waals surface area contributed by atoms with Crippen LogP contribution in [0.1, 0.15) is 29.7 Å². The molecule has 3 aromatic rings. The average molecular weight is 402 g/mol. The van der Waals surface area contributed by atoms with Crippen molar-refractivity contribution in [1.29, 1.82) is 0 Å². The van der Waals surface area contributed by atoms with Crippen molar-refractivity contribution < 1.29 is 23.0 Å². The van der Waals surface area contributed by atoms with Crippen LogP contribution in [0.4, 0.5) is 19.0 Å². The summed E-state index contributed by atoms with van der Waals surface area (Å²) in [5, 5.41) is 12.6. The predicted octanol–water partition coefficient (Wildman–Crippen LogP) is 2.69. The van der Waals surface area contributed by atoms with Gasteiger partial charge in [-0.25, -0.2) is 0 Å². The molecule has 10 heteroatoms. The fraction of sp³-hybridized carbons (Fsp3) is 0.316. The van der Waals surface area contributed by atoms with E-state index in [1.54, 1.807) is 19.1 Å². The molecule has 29 heavy (non-hydrogen) atoms. The highest BCUT2D eigenvalue weighted by Crippen LogP contribution is 2.35. The highest BCUT2D eigenvalue weighted by molar-refractivity contribution is 6.31. The lowest BCUT2D eigenvalue weighted by Crippen LogP contribution is -2.16. The molecule has 0 spiro atoms. The number of aliphatic hydroxyl groups is 1. The van der Waals surface area contributed by atoms with E-state index in [1.807, 2.05) is 0 Å². The first-order chi connectivity index (χ1) is 13.7. The second-order valence-corrected chi connectivity index (χ2v) is 6.44. The normalized spacial score (nSPS) is 12.8. The van der Waals surface area contributed by atoms with E-state index < -0.39 is 17.8 Å². The third kappa shape index (κ3) is 4.59. The number of hydrogen-bond donors (Lipinski definition) is 2. The molecule has 0 fully saturated rings. The summed E-state index contributed by atoms with van der Waals surface area (Å²) in [6.45, 7) is 2.95. The second-order valence-electron chi connectivity index (χ2n) is 6.44. The van der Waals surface area contributed by atoms with E-state index in [2.05, 4.69) is 20.3 Å². The number of nitrogens with zero attached hydrogens (tertiary/aromatic N) is 3. The van der Waals surface area contributed by atoms with Gasteiger partial charge in [-0.15, -0.1) is 0 Å². The van der Waals surface area contributed by atoms with Crippen LogP contribution in [0.3, 0.4) is 0 Å². The number of benzene rings is 1. The number of aliphatic hydroxyl groups excluding tert-OH is 1. The highest BCUT2D eigenvalue weighted by Gasteiger charge is 2.33. The number of aromatic nitrogens is 3. The van der Waals surface area contributed by atoms with Crippen molar-refractivity contribution in [3.05, 3.63) is 47.2 Å². The molecule has 0 saturated heterocycles. The molecule has 1 atom stereocenters. The first-order valence-electron chi connectivity index (χ1n) is 8.81. The number of alkyl halides is 3. The van der Waals surface area contributed by atoms with Crippen LogP contribution >= 0.6 is 0 Å². The number of fused-ring (bicyclic) bond motifs is 1. The second kappa shape index (κ2) is 8.24. The summed E-state index contributed by atoms with van der Waals surface area (Å²) in [5.74, 6) is 0.335. The number of anilines is 1. The number of nitrogens with one attached hydrogen (secondary N) is 1. The van der Waals surface area contributed by atoms with Gasteiger partial charge >= 0.3 is 12.2 Å². The Morgan fingerprint density at radius 1 is 1.28 bits per heavy atom. The van der Waals surface area contributed by atoms with Crippen molar-refractivity contribution in [2.45, 2.75) is 26.1 Å². The lowest BCUT2D eigenvalue weighted by Gasteiger charge is -2.21. The van der Waals surface area contributed by atoms with Gasteiger partial charge in [0.1, 0.15) is 20.3 Å². The molecule has 0 amide bonds. The van der Waals surface area contributed by atoms with Crippen LogP contribution in [-0.2, 0) is 6.18 Å². The largest absolute Gasteiger partial charge is 0.461 e. The van der Waals surface area contributed by atoms with Gasteiger partial charge in [-0.1, -0.05) is 12.1 Å². The van der Waals surface area contributed by atoms with Gasteiger partial charge in [0.2, 0.25) is 0 Å². The van der Waals surface area contributed by atoms with Gasteiger partial charge in [0.05, 0.1) is 29.9 Å².